The maximum absolute atomic E-state index is 12.9. The number of alkyl halides is 3. The first kappa shape index (κ1) is 22.3. The van der Waals surface area contributed by atoms with E-state index < -0.39 is 12.1 Å². The summed E-state index contributed by atoms with van der Waals surface area (Å²) in [5.41, 5.74) is 9.29. The molecule has 0 unspecified atom stereocenters. The highest BCUT2D eigenvalue weighted by molar-refractivity contribution is 5.60. The van der Waals surface area contributed by atoms with Crippen LogP contribution in [0.25, 0.3) is 0 Å². The third-order valence-corrected chi connectivity index (χ3v) is 6.78. The Morgan fingerprint density at radius 1 is 1.03 bits per heavy atom. The van der Waals surface area contributed by atoms with Gasteiger partial charge in [-0.05, 0) is 81.5 Å². The first-order valence-electron chi connectivity index (χ1n) is 11.2. The molecule has 0 bridgehead atoms. The van der Waals surface area contributed by atoms with Crippen LogP contribution in [0.3, 0.4) is 0 Å². The van der Waals surface area contributed by atoms with Crippen molar-refractivity contribution >= 4 is 11.4 Å². The fourth-order valence-electron chi connectivity index (χ4n) is 4.77. The van der Waals surface area contributed by atoms with Crippen LogP contribution in [-0.4, -0.2) is 31.9 Å². The molecule has 1 aromatic rings. The lowest BCUT2D eigenvalue weighted by Crippen LogP contribution is -2.39. The highest BCUT2D eigenvalue weighted by atomic mass is 19.4. The van der Waals surface area contributed by atoms with Crippen LogP contribution in [0.5, 0.6) is 0 Å². The minimum absolute atomic E-state index is 0.190. The molecule has 0 spiro atoms. The molecule has 29 heavy (non-hydrogen) atoms. The van der Waals surface area contributed by atoms with E-state index >= 15 is 0 Å². The van der Waals surface area contributed by atoms with E-state index in [0.717, 1.165) is 35.8 Å². The normalized spacial score (nSPS) is 24.0. The van der Waals surface area contributed by atoms with Crippen LogP contribution in [0.15, 0.2) is 18.2 Å². The molecule has 0 atom stereocenters. The molecule has 1 aliphatic heterocycles. The maximum atomic E-state index is 12.9. The highest BCUT2D eigenvalue weighted by Gasteiger charge is 2.41. The van der Waals surface area contributed by atoms with Gasteiger partial charge in [-0.3, -0.25) is 0 Å². The highest BCUT2D eigenvalue weighted by Crippen LogP contribution is 2.36. The van der Waals surface area contributed by atoms with Crippen molar-refractivity contribution in [2.75, 3.05) is 29.9 Å². The van der Waals surface area contributed by atoms with Gasteiger partial charge in [0, 0.05) is 37.1 Å². The van der Waals surface area contributed by atoms with Gasteiger partial charge in [0.05, 0.1) is 5.92 Å². The molecule has 2 fully saturated rings. The zero-order valence-corrected chi connectivity index (χ0v) is 17.6. The fourth-order valence-corrected chi connectivity index (χ4v) is 4.77. The van der Waals surface area contributed by atoms with Gasteiger partial charge in [0.15, 0.2) is 0 Å². The Morgan fingerprint density at radius 2 is 1.72 bits per heavy atom. The summed E-state index contributed by atoms with van der Waals surface area (Å²) in [5.74, 6) is -0.288. The van der Waals surface area contributed by atoms with Crippen molar-refractivity contribution < 1.29 is 13.2 Å². The van der Waals surface area contributed by atoms with Crippen LogP contribution >= 0.6 is 0 Å². The summed E-state index contributed by atoms with van der Waals surface area (Å²) in [6, 6.07) is 6.63. The maximum Gasteiger partial charge on any atom is 0.391 e. The number of piperidine rings is 1. The second-order valence-corrected chi connectivity index (χ2v) is 9.01. The van der Waals surface area contributed by atoms with Crippen LogP contribution in [0, 0.1) is 18.8 Å². The lowest BCUT2D eigenvalue weighted by molar-refractivity contribution is -0.179. The van der Waals surface area contributed by atoms with Crippen molar-refractivity contribution in [3.05, 3.63) is 23.8 Å². The van der Waals surface area contributed by atoms with Crippen molar-refractivity contribution in [3.63, 3.8) is 0 Å². The predicted octanol–water partition coefficient (Wildman–Crippen LogP) is 5.87. The van der Waals surface area contributed by atoms with Crippen LogP contribution in [0.1, 0.15) is 63.4 Å². The Balaban J connectivity index is 1.38. The summed E-state index contributed by atoms with van der Waals surface area (Å²) in [6.45, 7) is 3.98. The number of halogens is 3. The summed E-state index contributed by atoms with van der Waals surface area (Å²) < 4.78 is 38.6. The van der Waals surface area contributed by atoms with E-state index in [0.29, 0.717) is 19.1 Å². The molecule has 0 aromatic heterocycles. The predicted molar refractivity (Wildman–Crippen MR) is 114 cm³/mol. The molecule has 1 saturated heterocycles. The van der Waals surface area contributed by atoms with Gasteiger partial charge in [-0.1, -0.05) is 12.8 Å². The summed E-state index contributed by atoms with van der Waals surface area (Å²) >= 11 is 0. The van der Waals surface area contributed by atoms with E-state index in [4.69, 9.17) is 5.73 Å². The number of hydrogen-bond acceptors (Lipinski definition) is 3. The van der Waals surface area contributed by atoms with E-state index in [1.807, 2.05) is 6.07 Å². The van der Waals surface area contributed by atoms with E-state index in [2.05, 4.69) is 29.3 Å². The van der Waals surface area contributed by atoms with Crippen LogP contribution in [0.2, 0.25) is 0 Å². The zero-order valence-electron chi connectivity index (χ0n) is 17.6. The quantitative estimate of drug-likeness (QED) is 0.551. The Morgan fingerprint density at radius 3 is 2.34 bits per heavy atom. The molecule has 3 nitrogen and oxygen atoms in total. The molecule has 1 aromatic carbocycles. The summed E-state index contributed by atoms with van der Waals surface area (Å²) in [7, 11) is 0. The van der Waals surface area contributed by atoms with Crippen molar-refractivity contribution in [1.82, 2.24) is 0 Å². The monoisotopic (exact) mass is 411 g/mol. The molecule has 1 heterocycles. The minimum atomic E-state index is -4.06. The van der Waals surface area contributed by atoms with Crippen molar-refractivity contribution in [2.24, 2.45) is 17.6 Å². The Labute approximate surface area is 173 Å². The number of unbranched alkanes of at least 4 members (excludes halogenated alkanes) is 1. The number of hydrogen-bond donors (Lipinski definition) is 2. The largest absolute Gasteiger partial charge is 0.391 e. The first-order valence-corrected chi connectivity index (χ1v) is 11.2. The molecule has 3 N–H and O–H groups in total. The topological polar surface area (TPSA) is 41.3 Å². The lowest BCUT2D eigenvalue weighted by atomic mass is 9.83. The Hall–Kier alpha value is -1.43. The van der Waals surface area contributed by atoms with Gasteiger partial charge in [0.1, 0.15) is 0 Å². The van der Waals surface area contributed by atoms with Crippen molar-refractivity contribution in [2.45, 2.75) is 76.9 Å². The number of nitrogens with two attached hydrogens (primary N) is 1. The first-order chi connectivity index (χ1) is 13.8. The Bertz CT molecular complexity index is 631. The molecule has 1 saturated carbocycles. The molecule has 1 aliphatic carbocycles. The SMILES string of the molecule is Cc1cc(N2CCC(C(F)(F)F)CC2)ccc1NCCCCC1CCC(N)CC1. The molecule has 3 rings (SSSR count). The molecular formula is C23H36F3N3. The van der Waals surface area contributed by atoms with Crippen molar-refractivity contribution in [1.29, 1.82) is 0 Å². The number of rotatable bonds is 7. The molecule has 6 heteroatoms. The van der Waals surface area contributed by atoms with E-state index in [1.54, 1.807) is 0 Å². The third-order valence-electron chi connectivity index (χ3n) is 6.78. The minimum Gasteiger partial charge on any atom is -0.385 e. The standard InChI is InChI=1S/C23H36F3N3/c1-17-16-21(29-14-11-19(12-15-29)23(24,25)26)9-10-22(17)28-13-3-2-4-18-5-7-20(27)8-6-18/h9-10,16,18-20,28H,2-8,11-15,27H2,1H3. The van der Waals surface area contributed by atoms with Crippen LogP contribution in [0.4, 0.5) is 24.5 Å². The molecular weight excluding hydrogens is 375 g/mol. The van der Waals surface area contributed by atoms with Gasteiger partial charge in [-0.25, -0.2) is 0 Å². The van der Waals surface area contributed by atoms with Gasteiger partial charge < -0.3 is 16.0 Å². The molecule has 0 radical (unpaired) electrons. The average Bonchev–Trinajstić information content (AvgIpc) is 2.69. The summed E-state index contributed by atoms with van der Waals surface area (Å²) in [5, 5.41) is 3.53. The number of anilines is 2. The van der Waals surface area contributed by atoms with E-state index in [1.165, 1.54) is 38.5 Å². The zero-order chi connectivity index (χ0) is 20.9. The van der Waals surface area contributed by atoms with Gasteiger partial charge in [-0.15, -0.1) is 0 Å². The second kappa shape index (κ2) is 10.1. The smallest absolute Gasteiger partial charge is 0.385 e. The third kappa shape index (κ3) is 6.53. The van der Waals surface area contributed by atoms with Gasteiger partial charge in [0.2, 0.25) is 0 Å². The fraction of sp³-hybridized carbons (Fsp3) is 0.739. The number of nitrogens with zero attached hydrogens (tertiary/aromatic N) is 1. The number of aryl methyl sites for hydroxylation is 1. The molecule has 164 valence electrons. The van der Waals surface area contributed by atoms with Crippen molar-refractivity contribution in [3.8, 4) is 0 Å². The number of nitrogens with one attached hydrogen (secondary N) is 1. The second-order valence-electron chi connectivity index (χ2n) is 9.01. The summed E-state index contributed by atoms with van der Waals surface area (Å²) in [4.78, 5) is 2.08. The van der Waals surface area contributed by atoms with Gasteiger partial charge in [-0.2, -0.15) is 13.2 Å². The van der Waals surface area contributed by atoms with E-state index in [-0.39, 0.29) is 12.8 Å². The summed E-state index contributed by atoms with van der Waals surface area (Å²) in [6.07, 6.45) is 4.98. The van der Waals surface area contributed by atoms with Gasteiger partial charge >= 0.3 is 6.18 Å². The average molecular weight is 412 g/mol. The molecule has 2 aliphatic rings. The Kier molecular flexibility index (Phi) is 7.72. The van der Waals surface area contributed by atoms with Gasteiger partial charge in [0.25, 0.3) is 0 Å². The van der Waals surface area contributed by atoms with Crippen LogP contribution < -0.4 is 16.0 Å². The number of benzene rings is 1. The van der Waals surface area contributed by atoms with E-state index in [9.17, 15) is 13.2 Å². The van der Waals surface area contributed by atoms with Crippen LogP contribution in [-0.2, 0) is 0 Å². The molecule has 0 amide bonds. The lowest BCUT2D eigenvalue weighted by Gasteiger charge is -2.34.